The van der Waals surface area contributed by atoms with Crippen molar-refractivity contribution >= 4 is 5.71 Å². The van der Waals surface area contributed by atoms with Crippen molar-refractivity contribution < 1.29 is 0 Å². The SMILES string of the molecule is C=CC(c1ccccc1)C1CCCCC1=N. The number of hydrogen-bond acceptors (Lipinski definition) is 1. The van der Waals surface area contributed by atoms with E-state index in [1.807, 2.05) is 12.1 Å². The minimum atomic E-state index is 0.328. The van der Waals surface area contributed by atoms with E-state index in [0.717, 1.165) is 18.6 Å². The summed E-state index contributed by atoms with van der Waals surface area (Å²) in [6.45, 7) is 3.95. The van der Waals surface area contributed by atoms with Gasteiger partial charge in [-0.25, -0.2) is 0 Å². The van der Waals surface area contributed by atoms with Crippen LogP contribution in [0, 0.1) is 11.3 Å². The molecule has 0 saturated heterocycles. The van der Waals surface area contributed by atoms with Crippen LogP contribution in [0.3, 0.4) is 0 Å². The summed E-state index contributed by atoms with van der Waals surface area (Å²) in [6.07, 6.45) is 6.57. The van der Waals surface area contributed by atoms with E-state index >= 15 is 0 Å². The van der Waals surface area contributed by atoms with Crippen LogP contribution in [0.25, 0.3) is 0 Å². The first-order valence-electron chi connectivity index (χ1n) is 6.07. The molecule has 2 unspecified atom stereocenters. The molecule has 2 atom stereocenters. The largest absolute Gasteiger partial charge is 0.309 e. The molecule has 1 fully saturated rings. The van der Waals surface area contributed by atoms with Crippen molar-refractivity contribution in [3.8, 4) is 0 Å². The highest BCUT2D eigenvalue weighted by Gasteiger charge is 2.26. The molecule has 2 rings (SSSR count). The molecule has 0 bridgehead atoms. The zero-order valence-electron chi connectivity index (χ0n) is 9.65. The highest BCUT2D eigenvalue weighted by atomic mass is 14.5. The summed E-state index contributed by atoms with van der Waals surface area (Å²) in [6, 6.07) is 10.5. The zero-order chi connectivity index (χ0) is 11.4. The average Bonchev–Trinajstić information content (AvgIpc) is 2.34. The molecule has 0 aliphatic heterocycles. The van der Waals surface area contributed by atoms with Crippen LogP contribution in [-0.4, -0.2) is 5.71 Å². The van der Waals surface area contributed by atoms with Gasteiger partial charge in [0.05, 0.1) is 0 Å². The van der Waals surface area contributed by atoms with Gasteiger partial charge in [-0.05, 0) is 24.8 Å². The van der Waals surface area contributed by atoms with Gasteiger partial charge in [0.15, 0.2) is 0 Å². The van der Waals surface area contributed by atoms with Gasteiger partial charge in [-0.15, -0.1) is 6.58 Å². The molecule has 1 aromatic rings. The molecule has 1 aliphatic carbocycles. The van der Waals surface area contributed by atoms with Crippen LogP contribution in [0.1, 0.15) is 37.2 Å². The monoisotopic (exact) mass is 213 g/mol. The van der Waals surface area contributed by atoms with Crippen LogP contribution in [0.15, 0.2) is 43.0 Å². The molecule has 0 amide bonds. The van der Waals surface area contributed by atoms with E-state index in [9.17, 15) is 0 Å². The Morgan fingerprint density at radius 2 is 2.00 bits per heavy atom. The molecule has 0 heterocycles. The van der Waals surface area contributed by atoms with Gasteiger partial charge < -0.3 is 5.41 Å². The highest BCUT2D eigenvalue weighted by molar-refractivity contribution is 5.85. The first-order chi connectivity index (χ1) is 7.83. The number of benzene rings is 1. The lowest BCUT2D eigenvalue weighted by atomic mass is 9.75. The van der Waals surface area contributed by atoms with Crippen molar-refractivity contribution in [3.63, 3.8) is 0 Å². The fourth-order valence-electron chi connectivity index (χ4n) is 2.64. The second kappa shape index (κ2) is 5.11. The van der Waals surface area contributed by atoms with Crippen LogP contribution < -0.4 is 0 Å². The maximum atomic E-state index is 8.08. The molecule has 84 valence electrons. The van der Waals surface area contributed by atoms with Gasteiger partial charge in [-0.1, -0.05) is 42.8 Å². The second-order valence-electron chi connectivity index (χ2n) is 4.55. The van der Waals surface area contributed by atoms with E-state index in [-0.39, 0.29) is 0 Å². The zero-order valence-corrected chi connectivity index (χ0v) is 9.65. The molecule has 0 radical (unpaired) electrons. The van der Waals surface area contributed by atoms with Crippen LogP contribution in [-0.2, 0) is 0 Å². The number of rotatable bonds is 3. The van der Waals surface area contributed by atoms with Crippen LogP contribution in [0.4, 0.5) is 0 Å². The van der Waals surface area contributed by atoms with Crippen LogP contribution >= 0.6 is 0 Å². The Morgan fingerprint density at radius 1 is 1.25 bits per heavy atom. The minimum Gasteiger partial charge on any atom is -0.309 e. The number of allylic oxidation sites excluding steroid dienone is 1. The normalized spacial score (nSPS) is 22.8. The van der Waals surface area contributed by atoms with Crippen molar-refractivity contribution in [1.29, 1.82) is 5.41 Å². The molecular weight excluding hydrogens is 194 g/mol. The molecule has 16 heavy (non-hydrogen) atoms. The third kappa shape index (κ3) is 2.24. The van der Waals surface area contributed by atoms with E-state index in [4.69, 9.17) is 5.41 Å². The summed E-state index contributed by atoms with van der Waals surface area (Å²) >= 11 is 0. The van der Waals surface area contributed by atoms with Crippen molar-refractivity contribution in [1.82, 2.24) is 0 Å². The lowest BCUT2D eigenvalue weighted by Gasteiger charge is -2.29. The standard InChI is InChI=1S/C15H19N/c1-2-13(12-8-4-3-5-9-12)14-10-6-7-11-15(14)16/h2-5,8-9,13-14,16H,1,6-7,10-11H2. The molecule has 1 aliphatic rings. The molecule has 1 heteroatoms. The Hall–Kier alpha value is -1.37. The topological polar surface area (TPSA) is 23.9 Å². The van der Waals surface area contributed by atoms with Crippen molar-refractivity contribution in [2.45, 2.75) is 31.6 Å². The molecule has 1 saturated carbocycles. The van der Waals surface area contributed by atoms with E-state index in [0.29, 0.717) is 11.8 Å². The lowest BCUT2D eigenvalue weighted by Crippen LogP contribution is -2.24. The van der Waals surface area contributed by atoms with Crippen molar-refractivity contribution in [2.24, 2.45) is 5.92 Å². The first-order valence-corrected chi connectivity index (χ1v) is 6.07. The highest BCUT2D eigenvalue weighted by Crippen LogP contribution is 2.34. The third-order valence-corrected chi connectivity index (χ3v) is 3.53. The molecule has 0 aromatic heterocycles. The van der Waals surface area contributed by atoms with E-state index in [1.165, 1.54) is 18.4 Å². The second-order valence-corrected chi connectivity index (χ2v) is 4.55. The Balaban J connectivity index is 2.22. The van der Waals surface area contributed by atoms with Crippen molar-refractivity contribution in [2.75, 3.05) is 0 Å². The molecular formula is C15H19N. The fraction of sp³-hybridized carbons (Fsp3) is 0.400. The summed E-state index contributed by atoms with van der Waals surface area (Å²) in [5.74, 6) is 0.711. The molecule has 1 aromatic carbocycles. The maximum Gasteiger partial charge on any atom is 0.0129 e. The van der Waals surface area contributed by atoms with E-state index in [2.05, 4.69) is 30.8 Å². The van der Waals surface area contributed by atoms with Gasteiger partial charge in [0, 0.05) is 17.5 Å². The quantitative estimate of drug-likeness (QED) is 0.729. The molecule has 1 N–H and O–H groups in total. The fourth-order valence-corrected chi connectivity index (χ4v) is 2.64. The summed E-state index contributed by atoms with van der Waals surface area (Å²) in [5, 5.41) is 8.08. The van der Waals surface area contributed by atoms with Crippen molar-refractivity contribution in [3.05, 3.63) is 48.6 Å². The average molecular weight is 213 g/mol. The Labute approximate surface area is 97.7 Å². The summed E-state index contributed by atoms with van der Waals surface area (Å²) in [5.41, 5.74) is 2.22. The van der Waals surface area contributed by atoms with Crippen LogP contribution in [0.2, 0.25) is 0 Å². The van der Waals surface area contributed by atoms with Gasteiger partial charge in [0.25, 0.3) is 0 Å². The summed E-state index contributed by atoms with van der Waals surface area (Å²) < 4.78 is 0. The van der Waals surface area contributed by atoms with E-state index < -0.39 is 0 Å². The van der Waals surface area contributed by atoms with Gasteiger partial charge in [0.1, 0.15) is 0 Å². The molecule has 1 nitrogen and oxygen atoms in total. The van der Waals surface area contributed by atoms with Gasteiger partial charge in [-0.3, -0.25) is 0 Å². The number of nitrogens with one attached hydrogen (secondary N) is 1. The summed E-state index contributed by atoms with van der Waals surface area (Å²) in [7, 11) is 0. The predicted molar refractivity (Wildman–Crippen MR) is 69.1 cm³/mol. The van der Waals surface area contributed by atoms with Crippen LogP contribution in [0.5, 0.6) is 0 Å². The lowest BCUT2D eigenvalue weighted by molar-refractivity contribution is 0.488. The Morgan fingerprint density at radius 3 is 2.62 bits per heavy atom. The van der Waals surface area contributed by atoms with Gasteiger partial charge in [-0.2, -0.15) is 0 Å². The predicted octanol–water partition coefficient (Wildman–Crippen LogP) is 4.17. The van der Waals surface area contributed by atoms with E-state index in [1.54, 1.807) is 0 Å². The molecule has 0 spiro atoms. The Bertz CT molecular complexity index is 366. The minimum absolute atomic E-state index is 0.328. The first kappa shape index (κ1) is 11.1. The van der Waals surface area contributed by atoms with Gasteiger partial charge >= 0.3 is 0 Å². The maximum absolute atomic E-state index is 8.08. The Kier molecular flexibility index (Phi) is 3.55. The number of hydrogen-bond donors (Lipinski definition) is 1. The third-order valence-electron chi connectivity index (χ3n) is 3.53. The summed E-state index contributed by atoms with van der Waals surface area (Å²) in [4.78, 5) is 0. The smallest absolute Gasteiger partial charge is 0.0129 e. The van der Waals surface area contributed by atoms with Gasteiger partial charge in [0.2, 0.25) is 0 Å².